The van der Waals surface area contributed by atoms with E-state index in [1.807, 2.05) is 6.07 Å². The molecule has 3 N–H and O–H groups in total. The summed E-state index contributed by atoms with van der Waals surface area (Å²) in [6.45, 7) is 3.75. The van der Waals surface area contributed by atoms with Crippen LogP contribution in [0.25, 0.3) is 0 Å². The first-order valence-corrected chi connectivity index (χ1v) is 7.40. The van der Waals surface area contributed by atoms with Gasteiger partial charge < -0.3 is 15.7 Å². The second-order valence-corrected chi connectivity index (χ2v) is 5.60. The van der Waals surface area contributed by atoms with Crippen LogP contribution in [-0.2, 0) is 0 Å². The maximum absolute atomic E-state index is 11.2. The number of carboxylic acid groups (broad SMARTS) is 1. The van der Waals surface area contributed by atoms with Crippen molar-refractivity contribution in [2.75, 3.05) is 18.4 Å². The molecule has 114 valence electrons. The van der Waals surface area contributed by atoms with Gasteiger partial charge in [-0.3, -0.25) is 4.98 Å². The number of carboxylic acids is 1. The van der Waals surface area contributed by atoms with Crippen LogP contribution >= 0.6 is 0 Å². The molecule has 0 amide bonds. The summed E-state index contributed by atoms with van der Waals surface area (Å²) in [5.74, 6) is -0.462. The van der Waals surface area contributed by atoms with E-state index in [0.717, 1.165) is 6.54 Å². The van der Waals surface area contributed by atoms with Crippen LogP contribution in [0.3, 0.4) is 0 Å². The third kappa shape index (κ3) is 2.80. The van der Waals surface area contributed by atoms with Gasteiger partial charge in [0.2, 0.25) is 0 Å². The molecule has 0 bridgehead atoms. The number of hydrogen-bond acceptors (Lipinski definition) is 4. The Kier molecular flexibility index (Phi) is 4.06. The van der Waals surface area contributed by atoms with Crippen molar-refractivity contribution in [3.05, 3.63) is 59.4 Å². The fourth-order valence-electron chi connectivity index (χ4n) is 2.93. The minimum Gasteiger partial charge on any atom is -0.478 e. The highest BCUT2D eigenvalue weighted by molar-refractivity contribution is 5.93. The van der Waals surface area contributed by atoms with E-state index in [4.69, 9.17) is 0 Å². The topological polar surface area (TPSA) is 74.2 Å². The average molecular weight is 297 g/mol. The summed E-state index contributed by atoms with van der Waals surface area (Å²) in [7, 11) is 0. The summed E-state index contributed by atoms with van der Waals surface area (Å²) in [5, 5.41) is 15.9. The van der Waals surface area contributed by atoms with Gasteiger partial charge in [-0.25, -0.2) is 4.79 Å². The number of carbonyl (C=O) groups is 1. The zero-order valence-electron chi connectivity index (χ0n) is 12.4. The molecule has 5 nitrogen and oxygen atoms in total. The highest BCUT2D eigenvalue weighted by atomic mass is 16.4. The number of benzene rings is 1. The number of aromatic nitrogens is 1. The molecular formula is C17H19N3O2. The molecule has 0 saturated carbocycles. The fraction of sp³-hybridized carbons (Fsp3) is 0.294. The molecule has 0 fully saturated rings. The van der Waals surface area contributed by atoms with Crippen molar-refractivity contribution < 1.29 is 9.90 Å². The van der Waals surface area contributed by atoms with Gasteiger partial charge in [0.05, 0.1) is 17.4 Å². The monoisotopic (exact) mass is 297 g/mol. The van der Waals surface area contributed by atoms with E-state index >= 15 is 0 Å². The molecule has 2 atom stereocenters. The molecule has 2 aromatic rings. The molecule has 0 saturated heterocycles. The summed E-state index contributed by atoms with van der Waals surface area (Å²) in [4.78, 5) is 15.2. The molecular weight excluding hydrogens is 278 g/mol. The third-order valence-electron chi connectivity index (χ3n) is 4.12. The van der Waals surface area contributed by atoms with Crippen LogP contribution in [0.5, 0.6) is 0 Å². The lowest BCUT2D eigenvalue weighted by Crippen LogP contribution is -2.36. The van der Waals surface area contributed by atoms with E-state index < -0.39 is 5.97 Å². The van der Waals surface area contributed by atoms with E-state index in [9.17, 15) is 9.90 Å². The van der Waals surface area contributed by atoms with Crippen LogP contribution in [0, 0.1) is 0 Å². The lowest BCUT2D eigenvalue weighted by molar-refractivity contribution is 0.0698. The molecule has 2 unspecified atom stereocenters. The molecule has 1 aliphatic heterocycles. The quantitative estimate of drug-likeness (QED) is 0.809. The fourth-order valence-corrected chi connectivity index (χ4v) is 2.93. The molecule has 1 aliphatic rings. The van der Waals surface area contributed by atoms with Gasteiger partial charge in [-0.15, -0.1) is 0 Å². The number of anilines is 1. The molecule has 0 radical (unpaired) electrons. The lowest BCUT2D eigenvalue weighted by Gasteiger charge is -2.31. The number of rotatable bonds is 4. The van der Waals surface area contributed by atoms with Crippen molar-refractivity contribution in [1.29, 1.82) is 0 Å². The van der Waals surface area contributed by atoms with Gasteiger partial charge in [-0.1, -0.05) is 31.2 Å². The molecule has 1 aromatic carbocycles. The van der Waals surface area contributed by atoms with Crippen LogP contribution in [0.15, 0.2) is 42.7 Å². The first kappa shape index (κ1) is 14.5. The van der Waals surface area contributed by atoms with Gasteiger partial charge in [0.15, 0.2) is 0 Å². The van der Waals surface area contributed by atoms with Crippen LogP contribution in [0.2, 0.25) is 0 Å². The third-order valence-corrected chi connectivity index (χ3v) is 4.12. The van der Waals surface area contributed by atoms with Crippen molar-refractivity contribution in [2.45, 2.75) is 18.9 Å². The average Bonchev–Trinajstić information content (AvgIpc) is 2.55. The number of nitrogens with one attached hydrogen (secondary N) is 2. The zero-order valence-corrected chi connectivity index (χ0v) is 12.4. The zero-order chi connectivity index (χ0) is 15.5. The number of pyridine rings is 1. The minimum absolute atomic E-state index is 0.161. The van der Waals surface area contributed by atoms with E-state index in [1.165, 1.54) is 23.4 Å². The van der Waals surface area contributed by atoms with E-state index in [2.05, 4.69) is 40.7 Å². The predicted octanol–water partition coefficient (Wildman–Crippen LogP) is 2.64. The summed E-state index contributed by atoms with van der Waals surface area (Å²) < 4.78 is 0. The van der Waals surface area contributed by atoms with Gasteiger partial charge in [0.25, 0.3) is 0 Å². The minimum atomic E-state index is -0.949. The first-order valence-electron chi connectivity index (χ1n) is 7.40. The maximum Gasteiger partial charge on any atom is 0.337 e. The lowest BCUT2D eigenvalue weighted by atomic mass is 9.87. The summed E-state index contributed by atoms with van der Waals surface area (Å²) in [6.07, 6.45) is 3.05. The first-order chi connectivity index (χ1) is 10.7. The highest BCUT2D eigenvalue weighted by Gasteiger charge is 2.23. The molecule has 2 heterocycles. The van der Waals surface area contributed by atoms with Crippen LogP contribution in [-0.4, -0.2) is 29.1 Å². The second kappa shape index (κ2) is 6.15. The van der Waals surface area contributed by atoms with Crippen molar-refractivity contribution in [1.82, 2.24) is 10.3 Å². The van der Waals surface area contributed by atoms with Gasteiger partial charge in [0.1, 0.15) is 0 Å². The molecule has 3 rings (SSSR count). The number of fused-ring (bicyclic) bond motifs is 1. The van der Waals surface area contributed by atoms with Crippen LogP contribution < -0.4 is 10.6 Å². The van der Waals surface area contributed by atoms with E-state index in [1.54, 1.807) is 6.20 Å². The van der Waals surface area contributed by atoms with Crippen molar-refractivity contribution in [2.24, 2.45) is 0 Å². The van der Waals surface area contributed by atoms with E-state index in [0.29, 0.717) is 18.2 Å². The predicted molar refractivity (Wildman–Crippen MR) is 85.3 cm³/mol. The Hall–Kier alpha value is -2.40. The van der Waals surface area contributed by atoms with Crippen molar-refractivity contribution >= 4 is 11.7 Å². The molecule has 1 aromatic heterocycles. The Balaban J connectivity index is 1.78. The SMILES string of the molecule is CC1CNC(CNc2cnccc2C(=O)O)c2ccccc21. The Bertz CT molecular complexity index is 687. The van der Waals surface area contributed by atoms with Crippen molar-refractivity contribution in [3.63, 3.8) is 0 Å². The number of nitrogens with zero attached hydrogens (tertiary/aromatic N) is 1. The summed E-state index contributed by atoms with van der Waals surface area (Å²) in [6, 6.07) is 10.1. The highest BCUT2D eigenvalue weighted by Crippen LogP contribution is 2.30. The Morgan fingerprint density at radius 2 is 2.14 bits per heavy atom. The molecule has 22 heavy (non-hydrogen) atoms. The second-order valence-electron chi connectivity index (χ2n) is 5.60. The summed E-state index contributed by atoms with van der Waals surface area (Å²) >= 11 is 0. The largest absolute Gasteiger partial charge is 0.478 e. The molecule has 5 heteroatoms. The van der Waals surface area contributed by atoms with Crippen molar-refractivity contribution in [3.8, 4) is 0 Å². The van der Waals surface area contributed by atoms with Gasteiger partial charge in [-0.2, -0.15) is 0 Å². The van der Waals surface area contributed by atoms with Gasteiger partial charge >= 0.3 is 5.97 Å². The van der Waals surface area contributed by atoms with E-state index in [-0.39, 0.29) is 11.6 Å². The Morgan fingerprint density at radius 3 is 2.91 bits per heavy atom. The Morgan fingerprint density at radius 1 is 1.36 bits per heavy atom. The van der Waals surface area contributed by atoms with Crippen LogP contribution in [0.4, 0.5) is 5.69 Å². The summed E-state index contributed by atoms with van der Waals surface area (Å²) in [5.41, 5.74) is 3.42. The van der Waals surface area contributed by atoms with Gasteiger partial charge in [0, 0.05) is 25.3 Å². The number of hydrogen-bond donors (Lipinski definition) is 3. The van der Waals surface area contributed by atoms with Crippen LogP contribution in [0.1, 0.15) is 40.4 Å². The number of aromatic carboxylic acids is 1. The van der Waals surface area contributed by atoms with Gasteiger partial charge in [-0.05, 0) is 23.1 Å². The molecule has 0 aliphatic carbocycles. The molecule has 0 spiro atoms. The smallest absolute Gasteiger partial charge is 0.337 e. The Labute approximate surface area is 129 Å². The normalized spacial score (nSPS) is 20.2. The maximum atomic E-state index is 11.2. The standard InChI is InChI=1S/C17H19N3O2/c1-11-8-19-16(13-5-3-2-4-12(11)13)10-20-15-9-18-7-6-14(15)17(21)22/h2-7,9,11,16,19-20H,8,10H2,1H3,(H,21,22).